The van der Waals surface area contributed by atoms with Crippen LogP contribution in [0.25, 0.3) is 15.9 Å². The molecule has 0 bridgehead atoms. The predicted octanol–water partition coefficient (Wildman–Crippen LogP) is 2.83. The summed E-state index contributed by atoms with van der Waals surface area (Å²) in [6.45, 7) is -0.327. The SMILES string of the molecule is COc1cccc(CNC(=O)Cn2c(=O)n(-c3cc(F)cc(F)c3)c(=O)c3sccc32)c1OC. The monoisotopic (exact) mass is 487 g/mol. The van der Waals surface area contributed by atoms with Crippen LogP contribution >= 0.6 is 11.3 Å². The minimum Gasteiger partial charge on any atom is -0.493 e. The van der Waals surface area contributed by atoms with Gasteiger partial charge in [0.05, 0.1) is 25.4 Å². The van der Waals surface area contributed by atoms with Crippen LogP contribution in [0.3, 0.4) is 0 Å². The van der Waals surface area contributed by atoms with Crippen LogP contribution in [0.2, 0.25) is 0 Å². The lowest BCUT2D eigenvalue weighted by Gasteiger charge is -2.14. The van der Waals surface area contributed by atoms with Gasteiger partial charge >= 0.3 is 5.69 Å². The summed E-state index contributed by atoms with van der Waals surface area (Å²) < 4.78 is 40.1. The highest BCUT2D eigenvalue weighted by Crippen LogP contribution is 2.30. The van der Waals surface area contributed by atoms with E-state index >= 15 is 0 Å². The molecule has 2 aromatic carbocycles. The number of nitrogens with one attached hydrogen (secondary N) is 1. The number of hydrogen-bond acceptors (Lipinski definition) is 6. The average molecular weight is 487 g/mol. The molecule has 0 atom stereocenters. The number of amides is 1. The van der Waals surface area contributed by atoms with Gasteiger partial charge in [0.1, 0.15) is 22.9 Å². The number of carbonyl (C=O) groups excluding carboxylic acids is 1. The number of nitrogens with zero attached hydrogens (tertiary/aromatic N) is 2. The van der Waals surface area contributed by atoms with Gasteiger partial charge in [0.2, 0.25) is 5.91 Å². The molecule has 0 radical (unpaired) electrons. The summed E-state index contributed by atoms with van der Waals surface area (Å²) in [5, 5.41) is 4.31. The maximum absolute atomic E-state index is 13.8. The van der Waals surface area contributed by atoms with E-state index in [4.69, 9.17) is 9.47 Å². The minimum absolute atomic E-state index is 0.0927. The summed E-state index contributed by atoms with van der Waals surface area (Å²) in [5.74, 6) is -1.44. The fourth-order valence-electron chi connectivity index (χ4n) is 3.62. The summed E-state index contributed by atoms with van der Waals surface area (Å²) in [4.78, 5) is 38.8. The van der Waals surface area contributed by atoms with Crippen molar-refractivity contribution in [3.05, 3.63) is 85.9 Å². The highest BCUT2D eigenvalue weighted by Gasteiger charge is 2.19. The number of benzene rings is 2. The quantitative estimate of drug-likeness (QED) is 0.433. The Bertz CT molecular complexity index is 1490. The van der Waals surface area contributed by atoms with E-state index in [1.54, 1.807) is 23.6 Å². The molecule has 0 spiro atoms. The summed E-state index contributed by atoms with van der Waals surface area (Å²) in [7, 11) is 2.98. The van der Waals surface area contributed by atoms with Crippen LogP contribution in [0.5, 0.6) is 11.5 Å². The van der Waals surface area contributed by atoms with E-state index < -0.39 is 35.3 Å². The molecule has 1 N–H and O–H groups in total. The third-order valence-electron chi connectivity index (χ3n) is 5.12. The third kappa shape index (κ3) is 4.29. The minimum atomic E-state index is -0.941. The number of thiophene rings is 1. The molecule has 0 aliphatic heterocycles. The summed E-state index contributed by atoms with van der Waals surface area (Å²) in [6.07, 6.45) is 0. The van der Waals surface area contributed by atoms with Crippen molar-refractivity contribution >= 4 is 27.5 Å². The van der Waals surface area contributed by atoms with E-state index in [1.165, 1.54) is 20.3 Å². The number of halogens is 2. The number of carbonyl (C=O) groups is 1. The standard InChI is InChI=1S/C23H19F2N3O5S/c1-32-18-5-3-4-13(20(18)33-2)11-26-19(29)12-27-17-6-7-34-21(17)22(30)28(23(27)31)16-9-14(24)8-15(25)10-16/h3-10H,11-12H2,1-2H3,(H,26,29). The van der Waals surface area contributed by atoms with Crippen molar-refractivity contribution in [2.75, 3.05) is 14.2 Å². The zero-order valence-electron chi connectivity index (χ0n) is 18.1. The van der Waals surface area contributed by atoms with Crippen molar-refractivity contribution in [1.82, 2.24) is 14.5 Å². The molecule has 11 heteroatoms. The van der Waals surface area contributed by atoms with Gasteiger partial charge in [-0.15, -0.1) is 11.3 Å². The molecule has 34 heavy (non-hydrogen) atoms. The van der Waals surface area contributed by atoms with Gasteiger partial charge in [0.25, 0.3) is 5.56 Å². The van der Waals surface area contributed by atoms with Crippen LogP contribution in [0.4, 0.5) is 8.78 Å². The Balaban J connectivity index is 1.69. The maximum atomic E-state index is 13.8. The summed E-state index contributed by atoms with van der Waals surface area (Å²) in [5.41, 5.74) is -0.975. The van der Waals surface area contributed by atoms with Crippen molar-refractivity contribution in [3.8, 4) is 17.2 Å². The van der Waals surface area contributed by atoms with Gasteiger partial charge in [-0.1, -0.05) is 12.1 Å². The lowest BCUT2D eigenvalue weighted by molar-refractivity contribution is -0.121. The van der Waals surface area contributed by atoms with Crippen LogP contribution in [0.1, 0.15) is 5.56 Å². The molecule has 0 unspecified atom stereocenters. The molecular formula is C23H19F2N3O5S. The van der Waals surface area contributed by atoms with Crippen molar-refractivity contribution in [2.45, 2.75) is 13.1 Å². The van der Waals surface area contributed by atoms with E-state index in [9.17, 15) is 23.2 Å². The largest absolute Gasteiger partial charge is 0.493 e. The van der Waals surface area contributed by atoms with Crippen LogP contribution < -0.4 is 26.0 Å². The Kier molecular flexibility index (Phi) is 6.46. The molecule has 0 aliphatic rings. The van der Waals surface area contributed by atoms with Crippen molar-refractivity contribution in [1.29, 1.82) is 0 Å². The first kappa shape index (κ1) is 23.2. The molecule has 0 saturated heterocycles. The van der Waals surface area contributed by atoms with Crippen LogP contribution in [-0.2, 0) is 17.9 Å². The second-order valence-corrected chi connectivity index (χ2v) is 8.12. The smallest absolute Gasteiger partial charge is 0.336 e. The van der Waals surface area contributed by atoms with E-state index in [1.807, 2.05) is 0 Å². The van der Waals surface area contributed by atoms with E-state index in [0.29, 0.717) is 27.7 Å². The molecular weight excluding hydrogens is 468 g/mol. The lowest BCUT2D eigenvalue weighted by atomic mass is 10.2. The first-order valence-electron chi connectivity index (χ1n) is 10.00. The van der Waals surface area contributed by atoms with Crippen molar-refractivity contribution in [2.24, 2.45) is 0 Å². The fourth-order valence-corrected chi connectivity index (χ4v) is 4.45. The first-order chi connectivity index (χ1) is 16.3. The van der Waals surface area contributed by atoms with Crippen molar-refractivity contribution < 1.29 is 23.0 Å². The van der Waals surface area contributed by atoms with Gasteiger partial charge in [-0.3, -0.25) is 14.2 Å². The molecule has 1 amide bonds. The third-order valence-corrected chi connectivity index (χ3v) is 6.01. The second-order valence-electron chi connectivity index (χ2n) is 7.20. The zero-order chi connectivity index (χ0) is 24.4. The number of fused-ring (bicyclic) bond motifs is 1. The van der Waals surface area contributed by atoms with Crippen LogP contribution in [-0.4, -0.2) is 29.3 Å². The number of aromatic nitrogens is 2. The zero-order valence-corrected chi connectivity index (χ0v) is 18.9. The van der Waals surface area contributed by atoms with Crippen LogP contribution in [0, 0.1) is 11.6 Å². The van der Waals surface area contributed by atoms with Gasteiger partial charge in [-0.05, 0) is 29.6 Å². The van der Waals surface area contributed by atoms with Gasteiger partial charge in [0, 0.05) is 18.2 Å². The predicted molar refractivity (Wildman–Crippen MR) is 123 cm³/mol. The molecule has 4 aromatic rings. The van der Waals surface area contributed by atoms with Gasteiger partial charge in [-0.25, -0.2) is 18.1 Å². The Hall–Kier alpha value is -3.99. The van der Waals surface area contributed by atoms with Crippen LogP contribution in [0.15, 0.2) is 57.4 Å². The Labute approximate surface area is 195 Å². The van der Waals surface area contributed by atoms with Crippen molar-refractivity contribution in [3.63, 3.8) is 0 Å². The number of para-hydroxylation sites is 1. The van der Waals surface area contributed by atoms with Gasteiger partial charge in [0.15, 0.2) is 11.5 Å². The molecule has 0 aliphatic carbocycles. The number of hydrogen-bond donors (Lipinski definition) is 1. The molecule has 0 fully saturated rings. The first-order valence-corrected chi connectivity index (χ1v) is 10.9. The number of methoxy groups -OCH3 is 2. The second kappa shape index (κ2) is 9.48. The summed E-state index contributed by atoms with van der Waals surface area (Å²) in [6, 6.07) is 9.15. The molecule has 2 aromatic heterocycles. The van der Waals surface area contributed by atoms with Gasteiger partial charge < -0.3 is 14.8 Å². The van der Waals surface area contributed by atoms with E-state index in [2.05, 4.69) is 5.32 Å². The normalized spacial score (nSPS) is 10.9. The summed E-state index contributed by atoms with van der Waals surface area (Å²) >= 11 is 1.06. The molecule has 8 nitrogen and oxygen atoms in total. The molecule has 176 valence electrons. The Morgan fingerprint density at radius 2 is 1.79 bits per heavy atom. The average Bonchev–Trinajstić information content (AvgIpc) is 3.29. The van der Waals surface area contributed by atoms with Gasteiger partial charge in [-0.2, -0.15) is 0 Å². The topological polar surface area (TPSA) is 91.6 Å². The lowest BCUT2D eigenvalue weighted by Crippen LogP contribution is -2.41. The van der Waals surface area contributed by atoms with E-state index in [-0.39, 0.29) is 22.4 Å². The highest BCUT2D eigenvalue weighted by atomic mass is 32.1. The number of ether oxygens (including phenoxy) is 2. The number of rotatable bonds is 7. The Morgan fingerprint density at radius 1 is 1.06 bits per heavy atom. The maximum Gasteiger partial charge on any atom is 0.336 e. The molecule has 0 saturated carbocycles. The molecule has 2 heterocycles. The fraction of sp³-hybridized carbons (Fsp3) is 0.174. The Morgan fingerprint density at radius 3 is 2.47 bits per heavy atom. The highest BCUT2D eigenvalue weighted by molar-refractivity contribution is 7.17. The van der Waals surface area contributed by atoms with E-state index in [0.717, 1.165) is 28.0 Å². The molecule has 4 rings (SSSR count).